The number of ether oxygens (including phenoxy) is 1. The normalized spacial score (nSPS) is 21.1. The average molecular weight is 380 g/mol. The molecule has 1 heterocycles. The molecule has 0 radical (unpaired) electrons. The van der Waals surface area contributed by atoms with Crippen LogP contribution >= 0.6 is 0 Å². The smallest absolute Gasteiger partial charge is 0.241 e. The van der Waals surface area contributed by atoms with Crippen LogP contribution in [-0.2, 0) is 10.0 Å². The number of rotatable bonds is 6. The Labute approximate surface area is 152 Å². The molecule has 6 nitrogen and oxygen atoms in total. The molecule has 140 valence electrons. The molecule has 0 spiro atoms. The summed E-state index contributed by atoms with van der Waals surface area (Å²) < 4.78 is 47.0. The van der Waals surface area contributed by atoms with Gasteiger partial charge in [0.2, 0.25) is 15.9 Å². The second kappa shape index (κ2) is 7.30. The van der Waals surface area contributed by atoms with Crippen molar-refractivity contribution in [2.24, 2.45) is 5.92 Å². The molecule has 0 bridgehead atoms. The molecule has 8 heteroatoms. The number of methoxy groups -OCH3 is 1. The number of halogens is 1. The molecule has 1 atom stereocenters. The highest BCUT2D eigenvalue weighted by molar-refractivity contribution is 7.89. The van der Waals surface area contributed by atoms with Gasteiger partial charge in [0, 0.05) is 12.3 Å². The predicted molar refractivity (Wildman–Crippen MR) is 93.7 cm³/mol. The summed E-state index contributed by atoms with van der Waals surface area (Å²) in [6.45, 7) is 1.62. The van der Waals surface area contributed by atoms with E-state index in [4.69, 9.17) is 4.74 Å². The molecule has 1 aliphatic rings. The molecule has 1 aromatic carbocycles. The minimum absolute atomic E-state index is 0.0659. The van der Waals surface area contributed by atoms with Crippen LogP contribution in [0.3, 0.4) is 0 Å². The lowest BCUT2D eigenvalue weighted by molar-refractivity contribution is 0.0279. The van der Waals surface area contributed by atoms with Gasteiger partial charge in [-0.2, -0.15) is 0 Å². The van der Waals surface area contributed by atoms with Crippen LogP contribution in [0.2, 0.25) is 0 Å². The molecule has 1 aromatic heterocycles. The van der Waals surface area contributed by atoms with Gasteiger partial charge >= 0.3 is 0 Å². The van der Waals surface area contributed by atoms with Crippen LogP contribution in [0.4, 0.5) is 4.39 Å². The van der Waals surface area contributed by atoms with E-state index in [1.807, 2.05) is 0 Å². The van der Waals surface area contributed by atoms with Crippen molar-refractivity contribution in [2.45, 2.75) is 36.8 Å². The molecule has 26 heavy (non-hydrogen) atoms. The second-order valence-corrected chi connectivity index (χ2v) is 8.21. The maximum atomic E-state index is 13.6. The van der Waals surface area contributed by atoms with Gasteiger partial charge in [0.05, 0.1) is 24.2 Å². The molecule has 2 N–H and O–H groups in total. The third kappa shape index (κ3) is 3.87. The Kier molecular flexibility index (Phi) is 5.27. The molecular weight excluding hydrogens is 359 g/mol. The number of nitrogens with one attached hydrogen (secondary N) is 1. The molecule has 0 saturated heterocycles. The van der Waals surface area contributed by atoms with Crippen LogP contribution in [-0.4, -0.2) is 31.7 Å². The van der Waals surface area contributed by atoms with Crippen LogP contribution in [0.25, 0.3) is 0 Å². The minimum Gasteiger partial charge on any atom is -0.481 e. The maximum Gasteiger partial charge on any atom is 0.241 e. The van der Waals surface area contributed by atoms with Crippen LogP contribution in [0, 0.1) is 18.7 Å². The molecule has 0 aliphatic heterocycles. The van der Waals surface area contributed by atoms with Crippen molar-refractivity contribution in [1.29, 1.82) is 0 Å². The zero-order chi connectivity index (χ0) is 18.9. The third-order valence-electron chi connectivity index (χ3n) is 4.67. The highest BCUT2D eigenvalue weighted by atomic mass is 32.2. The van der Waals surface area contributed by atoms with Crippen LogP contribution in [0.5, 0.6) is 5.88 Å². The first-order chi connectivity index (χ1) is 12.3. The Morgan fingerprint density at radius 3 is 2.62 bits per heavy atom. The lowest BCUT2D eigenvalue weighted by atomic mass is 9.76. The summed E-state index contributed by atoms with van der Waals surface area (Å²) in [5.41, 5.74) is 1.12. The van der Waals surface area contributed by atoms with E-state index in [2.05, 4.69) is 9.71 Å². The van der Waals surface area contributed by atoms with Gasteiger partial charge in [-0.05, 0) is 48.9 Å². The largest absolute Gasteiger partial charge is 0.481 e. The van der Waals surface area contributed by atoms with Gasteiger partial charge in [-0.25, -0.2) is 22.5 Å². The Morgan fingerprint density at radius 1 is 1.31 bits per heavy atom. The molecule has 1 aliphatic carbocycles. The number of aliphatic hydroxyl groups excluding tert-OH is 1. The summed E-state index contributed by atoms with van der Waals surface area (Å²) in [6.07, 6.45) is 2.09. The van der Waals surface area contributed by atoms with E-state index in [9.17, 15) is 17.9 Å². The number of aliphatic hydroxyl groups is 1. The Morgan fingerprint density at radius 2 is 2.04 bits per heavy atom. The van der Waals surface area contributed by atoms with Gasteiger partial charge in [0.25, 0.3) is 0 Å². The number of sulfonamides is 1. The first kappa shape index (κ1) is 18.8. The summed E-state index contributed by atoms with van der Waals surface area (Å²) in [4.78, 5) is 4.04. The van der Waals surface area contributed by atoms with Crippen molar-refractivity contribution in [3.63, 3.8) is 0 Å². The lowest BCUT2D eigenvalue weighted by Gasteiger charge is -2.38. The van der Waals surface area contributed by atoms with E-state index >= 15 is 0 Å². The fourth-order valence-electron chi connectivity index (χ4n) is 3.13. The van der Waals surface area contributed by atoms with E-state index in [0.29, 0.717) is 29.8 Å². The number of benzene rings is 1. The molecule has 2 aromatic rings. The summed E-state index contributed by atoms with van der Waals surface area (Å²) in [7, 11) is -2.45. The van der Waals surface area contributed by atoms with Crippen LogP contribution in [0.1, 0.15) is 30.0 Å². The van der Waals surface area contributed by atoms with Gasteiger partial charge in [0.15, 0.2) is 0 Å². The van der Waals surface area contributed by atoms with Crippen molar-refractivity contribution in [3.05, 3.63) is 53.5 Å². The summed E-state index contributed by atoms with van der Waals surface area (Å²) >= 11 is 0. The van der Waals surface area contributed by atoms with Crippen LogP contribution < -0.4 is 9.46 Å². The summed E-state index contributed by atoms with van der Waals surface area (Å²) in [6, 6.07) is 6.49. The van der Waals surface area contributed by atoms with Gasteiger partial charge in [-0.3, -0.25) is 0 Å². The summed E-state index contributed by atoms with van der Waals surface area (Å²) in [5, 5.41) is 9.63. The first-order valence-electron chi connectivity index (χ1n) is 8.26. The first-order valence-corrected chi connectivity index (χ1v) is 9.75. The third-order valence-corrected chi connectivity index (χ3v) is 6.25. The molecule has 3 rings (SSSR count). The number of nitrogens with zero attached hydrogens (tertiary/aromatic N) is 1. The second-order valence-electron chi connectivity index (χ2n) is 6.53. The number of hydrogen-bond acceptors (Lipinski definition) is 5. The van der Waals surface area contributed by atoms with Gasteiger partial charge in [0.1, 0.15) is 5.82 Å². The number of hydrogen-bond donors (Lipinski definition) is 2. The molecule has 0 unspecified atom stereocenters. The van der Waals surface area contributed by atoms with Crippen molar-refractivity contribution in [3.8, 4) is 5.88 Å². The fraction of sp³-hybridized carbons (Fsp3) is 0.389. The van der Waals surface area contributed by atoms with E-state index in [1.165, 1.54) is 19.2 Å². The Balaban J connectivity index is 1.93. The van der Waals surface area contributed by atoms with Crippen molar-refractivity contribution >= 4 is 10.0 Å². The van der Waals surface area contributed by atoms with E-state index in [-0.39, 0.29) is 10.8 Å². The molecule has 1 saturated carbocycles. The lowest BCUT2D eigenvalue weighted by Crippen LogP contribution is -2.41. The van der Waals surface area contributed by atoms with E-state index < -0.39 is 28.0 Å². The maximum absolute atomic E-state index is 13.6. The number of aryl methyl sites for hydroxylation is 1. The molecular formula is C18H21FN2O4S. The van der Waals surface area contributed by atoms with Crippen molar-refractivity contribution in [2.75, 3.05) is 7.11 Å². The fourth-order valence-corrected chi connectivity index (χ4v) is 4.68. The highest BCUT2D eigenvalue weighted by Gasteiger charge is 2.37. The zero-order valence-corrected chi connectivity index (χ0v) is 15.3. The Bertz CT molecular complexity index is 881. The zero-order valence-electron chi connectivity index (χ0n) is 14.5. The van der Waals surface area contributed by atoms with Crippen LogP contribution in [0.15, 0.2) is 41.4 Å². The van der Waals surface area contributed by atoms with Gasteiger partial charge in [-0.1, -0.05) is 12.1 Å². The Hall–Kier alpha value is -2.03. The highest BCUT2D eigenvalue weighted by Crippen LogP contribution is 2.39. The standard InChI is InChI=1S/C18H21FN2O4S/c1-11-3-5-14(19)9-16(11)26(23,24)21-18(13-7-15(22)8-13)12-4-6-17(25-2)20-10-12/h3-6,9-10,13,15,18,21-22H,7-8H2,1-2H3/t13?,15?,18-/m1/s1. The van der Waals surface area contributed by atoms with E-state index in [0.717, 1.165) is 6.07 Å². The average Bonchev–Trinajstić information content (AvgIpc) is 2.59. The SMILES string of the molecule is COc1ccc([C@@H](NS(=O)(=O)c2cc(F)ccc2C)C2CC(O)C2)cn1. The van der Waals surface area contributed by atoms with Gasteiger partial charge in [-0.15, -0.1) is 0 Å². The molecule has 1 fully saturated rings. The summed E-state index contributed by atoms with van der Waals surface area (Å²) in [5.74, 6) is -0.258. The van der Waals surface area contributed by atoms with Crippen molar-refractivity contribution in [1.82, 2.24) is 9.71 Å². The van der Waals surface area contributed by atoms with E-state index in [1.54, 1.807) is 25.3 Å². The number of pyridine rings is 1. The predicted octanol–water partition coefficient (Wildman–Crippen LogP) is 2.33. The van der Waals surface area contributed by atoms with Crippen molar-refractivity contribution < 1.29 is 22.7 Å². The quantitative estimate of drug-likeness (QED) is 0.803. The monoisotopic (exact) mass is 380 g/mol. The number of aromatic nitrogens is 1. The van der Waals surface area contributed by atoms with Gasteiger partial charge < -0.3 is 9.84 Å². The minimum atomic E-state index is -3.95. The molecule has 0 amide bonds. The topological polar surface area (TPSA) is 88.5 Å².